The first-order chi connectivity index (χ1) is 10.4. The lowest BCUT2D eigenvalue weighted by atomic mass is 9.96. The minimum Gasteiger partial charge on any atom is -0.374 e. The van der Waals surface area contributed by atoms with Crippen molar-refractivity contribution in [3.63, 3.8) is 0 Å². The van der Waals surface area contributed by atoms with Crippen LogP contribution in [0.4, 0.5) is 5.13 Å². The third-order valence-electron chi connectivity index (χ3n) is 3.88. The van der Waals surface area contributed by atoms with Crippen LogP contribution in [0.3, 0.4) is 0 Å². The van der Waals surface area contributed by atoms with Crippen LogP contribution in [-0.2, 0) is 10.2 Å². The van der Waals surface area contributed by atoms with Crippen molar-refractivity contribution in [1.82, 2.24) is 9.36 Å². The maximum atomic E-state index is 5.89. The summed E-state index contributed by atoms with van der Waals surface area (Å²) in [6.07, 6.45) is 0.210. The number of nitrogens with zero attached hydrogens (tertiary/aromatic N) is 3. The maximum absolute atomic E-state index is 5.89. The minimum absolute atomic E-state index is 0.0190. The van der Waals surface area contributed by atoms with E-state index in [9.17, 15) is 0 Å². The second kappa shape index (κ2) is 5.97. The van der Waals surface area contributed by atoms with Crippen LogP contribution < -0.4 is 4.90 Å². The molecule has 2 unspecified atom stereocenters. The molecule has 1 aromatic heterocycles. The van der Waals surface area contributed by atoms with Gasteiger partial charge in [0.25, 0.3) is 0 Å². The van der Waals surface area contributed by atoms with Gasteiger partial charge in [0.05, 0.1) is 18.8 Å². The predicted molar refractivity (Wildman–Crippen MR) is 90.6 cm³/mol. The zero-order valence-electron chi connectivity index (χ0n) is 13.6. The molecule has 0 saturated carbocycles. The lowest BCUT2D eigenvalue weighted by molar-refractivity contribution is 0.0303. The summed E-state index contributed by atoms with van der Waals surface area (Å²) in [5.74, 6) is 0.915. The van der Waals surface area contributed by atoms with Crippen molar-refractivity contribution >= 4 is 16.7 Å². The van der Waals surface area contributed by atoms with Gasteiger partial charge >= 0.3 is 0 Å². The van der Waals surface area contributed by atoms with E-state index in [1.54, 1.807) is 0 Å². The topological polar surface area (TPSA) is 38.2 Å². The van der Waals surface area contributed by atoms with E-state index in [2.05, 4.69) is 61.2 Å². The highest BCUT2D eigenvalue weighted by molar-refractivity contribution is 7.09. The van der Waals surface area contributed by atoms with Gasteiger partial charge in [0, 0.05) is 23.5 Å². The Morgan fingerprint density at radius 1 is 1.23 bits per heavy atom. The predicted octanol–water partition coefficient (Wildman–Crippen LogP) is 3.80. The van der Waals surface area contributed by atoms with Crippen molar-refractivity contribution in [2.75, 3.05) is 18.1 Å². The molecule has 2 aromatic rings. The molecule has 3 rings (SSSR count). The Hall–Kier alpha value is -1.46. The molecule has 5 heteroatoms. The lowest BCUT2D eigenvalue weighted by Gasteiger charge is -2.38. The van der Waals surface area contributed by atoms with Crippen LogP contribution in [0.2, 0.25) is 0 Å². The standard InChI is InChI=1S/C17H23N3OS/c1-12-10-20(16-18-15(19-22-16)17(2,3)4)14(11-21-12)13-8-6-5-7-9-13/h5-9,12,14H,10-11H2,1-4H3. The Morgan fingerprint density at radius 2 is 1.95 bits per heavy atom. The molecular formula is C17H23N3OS. The molecule has 0 amide bonds. The fourth-order valence-electron chi connectivity index (χ4n) is 2.60. The molecule has 1 fully saturated rings. The van der Waals surface area contributed by atoms with Gasteiger partial charge in [-0.15, -0.1) is 0 Å². The Morgan fingerprint density at radius 3 is 2.59 bits per heavy atom. The van der Waals surface area contributed by atoms with Crippen LogP contribution in [0.15, 0.2) is 30.3 Å². The Kier molecular flexibility index (Phi) is 4.19. The molecule has 1 saturated heterocycles. The zero-order chi connectivity index (χ0) is 15.7. The van der Waals surface area contributed by atoms with Crippen molar-refractivity contribution in [1.29, 1.82) is 0 Å². The molecule has 2 atom stereocenters. The summed E-state index contributed by atoms with van der Waals surface area (Å²) in [5.41, 5.74) is 1.25. The van der Waals surface area contributed by atoms with Crippen molar-refractivity contribution in [2.24, 2.45) is 0 Å². The molecule has 2 heterocycles. The van der Waals surface area contributed by atoms with Gasteiger partial charge in [0.15, 0.2) is 0 Å². The minimum atomic E-state index is -0.0190. The summed E-state index contributed by atoms with van der Waals surface area (Å²) in [6, 6.07) is 10.7. The number of ether oxygens (including phenoxy) is 1. The lowest BCUT2D eigenvalue weighted by Crippen LogP contribution is -2.43. The molecule has 0 N–H and O–H groups in total. The van der Waals surface area contributed by atoms with Crippen molar-refractivity contribution in [3.05, 3.63) is 41.7 Å². The van der Waals surface area contributed by atoms with Crippen molar-refractivity contribution < 1.29 is 4.74 Å². The van der Waals surface area contributed by atoms with Crippen LogP contribution in [0.1, 0.15) is 45.1 Å². The highest BCUT2D eigenvalue weighted by Gasteiger charge is 2.31. The summed E-state index contributed by atoms with van der Waals surface area (Å²) in [4.78, 5) is 7.14. The number of morpholine rings is 1. The van der Waals surface area contributed by atoms with E-state index in [1.165, 1.54) is 17.1 Å². The van der Waals surface area contributed by atoms with E-state index in [4.69, 9.17) is 9.72 Å². The van der Waals surface area contributed by atoms with Gasteiger partial charge in [-0.3, -0.25) is 0 Å². The third kappa shape index (κ3) is 3.15. The molecular weight excluding hydrogens is 294 g/mol. The molecule has 1 aliphatic heterocycles. The summed E-state index contributed by atoms with van der Waals surface area (Å²) >= 11 is 1.49. The van der Waals surface area contributed by atoms with Gasteiger partial charge in [-0.2, -0.15) is 4.37 Å². The van der Waals surface area contributed by atoms with E-state index in [-0.39, 0.29) is 17.6 Å². The first-order valence-corrected chi connectivity index (χ1v) is 8.50. The van der Waals surface area contributed by atoms with Gasteiger partial charge in [-0.1, -0.05) is 51.1 Å². The van der Waals surface area contributed by atoms with Crippen LogP contribution in [0, 0.1) is 0 Å². The van der Waals surface area contributed by atoms with E-state index in [0.717, 1.165) is 17.5 Å². The van der Waals surface area contributed by atoms with Gasteiger partial charge in [-0.25, -0.2) is 4.98 Å². The Labute approximate surface area is 136 Å². The second-order valence-corrected chi connectivity index (χ2v) is 7.60. The summed E-state index contributed by atoms with van der Waals surface area (Å²) < 4.78 is 10.4. The average molecular weight is 317 g/mol. The van der Waals surface area contributed by atoms with E-state index in [0.29, 0.717) is 6.61 Å². The fourth-order valence-corrected chi connectivity index (χ4v) is 3.52. The summed E-state index contributed by atoms with van der Waals surface area (Å²) in [5, 5.41) is 0.994. The maximum Gasteiger partial charge on any atom is 0.205 e. The zero-order valence-corrected chi connectivity index (χ0v) is 14.4. The molecule has 0 bridgehead atoms. The van der Waals surface area contributed by atoms with Crippen LogP contribution in [0.25, 0.3) is 0 Å². The van der Waals surface area contributed by atoms with Crippen LogP contribution in [-0.4, -0.2) is 28.6 Å². The molecule has 4 nitrogen and oxygen atoms in total. The Balaban J connectivity index is 1.92. The highest BCUT2D eigenvalue weighted by atomic mass is 32.1. The van der Waals surface area contributed by atoms with Gasteiger partial charge < -0.3 is 9.64 Å². The molecule has 0 radical (unpaired) electrons. The molecule has 0 spiro atoms. The Bertz CT molecular complexity index is 620. The number of hydrogen-bond acceptors (Lipinski definition) is 5. The first kappa shape index (κ1) is 15.4. The molecule has 22 heavy (non-hydrogen) atoms. The molecule has 1 aliphatic rings. The average Bonchev–Trinajstić information content (AvgIpc) is 2.98. The first-order valence-electron chi connectivity index (χ1n) is 7.72. The van der Waals surface area contributed by atoms with Crippen molar-refractivity contribution in [2.45, 2.75) is 45.3 Å². The second-order valence-electron chi connectivity index (χ2n) is 6.87. The smallest absolute Gasteiger partial charge is 0.205 e. The van der Waals surface area contributed by atoms with Crippen LogP contribution in [0.5, 0.6) is 0 Å². The number of benzene rings is 1. The fraction of sp³-hybridized carbons (Fsp3) is 0.529. The van der Waals surface area contributed by atoms with Crippen molar-refractivity contribution in [3.8, 4) is 0 Å². The van der Waals surface area contributed by atoms with Gasteiger partial charge in [0.1, 0.15) is 5.82 Å². The summed E-state index contributed by atoms with van der Waals surface area (Å²) in [7, 11) is 0. The molecule has 0 aliphatic carbocycles. The third-order valence-corrected chi connectivity index (χ3v) is 4.64. The summed E-state index contributed by atoms with van der Waals surface area (Å²) in [6.45, 7) is 10.1. The van der Waals surface area contributed by atoms with Gasteiger partial charge in [0.2, 0.25) is 5.13 Å². The van der Waals surface area contributed by atoms with E-state index >= 15 is 0 Å². The monoisotopic (exact) mass is 317 g/mol. The molecule has 118 valence electrons. The number of rotatable bonds is 2. The number of hydrogen-bond donors (Lipinski definition) is 0. The highest BCUT2D eigenvalue weighted by Crippen LogP contribution is 2.34. The largest absolute Gasteiger partial charge is 0.374 e. The quantitative estimate of drug-likeness (QED) is 0.844. The van der Waals surface area contributed by atoms with E-state index in [1.807, 2.05) is 6.07 Å². The molecule has 1 aromatic carbocycles. The SMILES string of the molecule is CC1CN(c2nc(C(C)(C)C)ns2)C(c2ccccc2)CO1. The van der Waals surface area contributed by atoms with Gasteiger partial charge in [-0.05, 0) is 12.5 Å². The number of anilines is 1. The van der Waals surface area contributed by atoms with Crippen LogP contribution >= 0.6 is 11.5 Å². The van der Waals surface area contributed by atoms with E-state index < -0.39 is 0 Å². The number of aromatic nitrogens is 2. The normalized spacial score (nSPS) is 22.8.